The first-order valence-electron chi connectivity index (χ1n) is 7.85. The Morgan fingerprint density at radius 3 is 2.80 bits per heavy atom. The molecule has 2 aliphatic heterocycles. The Morgan fingerprint density at radius 2 is 2.00 bits per heavy atom. The quantitative estimate of drug-likeness (QED) is 0.845. The third kappa shape index (κ3) is 1.87. The van der Waals surface area contributed by atoms with E-state index in [2.05, 4.69) is 34.5 Å². The second-order valence-corrected chi connectivity index (χ2v) is 6.72. The zero-order valence-electron chi connectivity index (χ0n) is 11.9. The Labute approximate surface area is 120 Å². The molecule has 1 unspecified atom stereocenters. The van der Waals surface area contributed by atoms with Crippen LogP contribution < -0.4 is 5.32 Å². The molecule has 1 aromatic carbocycles. The molecule has 3 nitrogen and oxygen atoms in total. The van der Waals surface area contributed by atoms with Crippen molar-refractivity contribution in [3.63, 3.8) is 0 Å². The maximum absolute atomic E-state index is 12.7. The predicted molar refractivity (Wildman–Crippen MR) is 78.6 cm³/mol. The Balaban J connectivity index is 1.46. The molecule has 106 valence electrons. The maximum Gasteiger partial charge on any atom is 0.230 e. The third-order valence-corrected chi connectivity index (χ3v) is 5.57. The van der Waals surface area contributed by atoms with Crippen molar-refractivity contribution in [2.75, 3.05) is 26.2 Å². The molecular formula is C17H22N2O. The number of benzene rings is 1. The van der Waals surface area contributed by atoms with E-state index >= 15 is 0 Å². The van der Waals surface area contributed by atoms with Gasteiger partial charge in [-0.2, -0.15) is 0 Å². The second kappa shape index (κ2) is 4.59. The second-order valence-electron chi connectivity index (χ2n) is 6.72. The van der Waals surface area contributed by atoms with Crippen LogP contribution in [0.5, 0.6) is 0 Å². The molecule has 1 amide bonds. The predicted octanol–water partition coefficient (Wildman–Crippen LogP) is 1.93. The van der Waals surface area contributed by atoms with E-state index in [9.17, 15) is 4.79 Å². The SMILES string of the molecule is O=C(C1Cc2ccccc21)N1CCC2(CCNCC2)C1. The fourth-order valence-electron chi connectivity index (χ4n) is 4.19. The number of likely N-dealkylation sites (tertiary alicyclic amines) is 1. The lowest BCUT2D eigenvalue weighted by atomic mass is 9.76. The van der Waals surface area contributed by atoms with Crippen molar-refractivity contribution in [1.82, 2.24) is 10.2 Å². The summed E-state index contributed by atoms with van der Waals surface area (Å²) < 4.78 is 0. The molecule has 0 bridgehead atoms. The number of nitrogens with zero attached hydrogens (tertiary/aromatic N) is 1. The average Bonchev–Trinajstić information content (AvgIpc) is 2.85. The highest BCUT2D eigenvalue weighted by atomic mass is 16.2. The molecule has 1 N–H and O–H groups in total. The Kier molecular flexibility index (Phi) is 2.84. The van der Waals surface area contributed by atoms with Crippen LogP contribution in [-0.2, 0) is 11.2 Å². The van der Waals surface area contributed by atoms with Gasteiger partial charge in [-0.05, 0) is 55.3 Å². The summed E-state index contributed by atoms with van der Waals surface area (Å²) in [5.41, 5.74) is 3.05. The van der Waals surface area contributed by atoms with Gasteiger partial charge in [0.05, 0.1) is 5.92 Å². The third-order valence-electron chi connectivity index (χ3n) is 5.57. The van der Waals surface area contributed by atoms with Crippen LogP contribution in [0.3, 0.4) is 0 Å². The first-order valence-corrected chi connectivity index (χ1v) is 7.85. The van der Waals surface area contributed by atoms with E-state index in [4.69, 9.17) is 0 Å². The summed E-state index contributed by atoms with van der Waals surface area (Å²) >= 11 is 0. The van der Waals surface area contributed by atoms with E-state index in [1.54, 1.807) is 0 Å². The van der Waals surface area contributed by atoms with Crippen LogP contribution >= 0.6 is 0 Å². The summed E-state index contributed by atoms with van der Waals surface area (Å²) in [6, 6.07) is 8.39. The molecule has 0 saturated carbocycles. The van der Waals surface area contributed by atoms with Crippen LogP contribution in [0.1, 0.15) is 36.3 Å². The van der Waals surface area contributed by atoms with E-state index in [0.29, 0.717) is 11.3 Å². The minimum absolute atomic E-state index is 0.142. The van der Waals surface area contributed by atoms with Gasteiger partial charge in [-0.15, -0.1) is 0 Å². The van der Waals surface area contributed by atoms with Crippen LogP contribution in [0.25, 0.3) is 0 Å². The summed E-state index contributed by atoms with van der Waals surface area (Å²) in [7, 11) is 0. The van der Waals surface area contributed by atoms with Gasteiger partial charge in [0.25, 0.3) is 0 Å². The van der Waals surface area contributed by atoms with Gasteiger partial charge >= 0.3 is 0 Å². The smallest absolute Gasteiger partial charge is 0.230 e. The number of hydrogen-bond donors (Lipinski definition) is 1. The Bertz CT molecular complexity index is 534. The van der Waals surface area contributed by atoms with Gasteiger partial charge in [-0.25, -0.2) is 0 Å². The number of piperidine rings is 1. The largest absolute Gasteiger partial charge is 0.342 e. The van der Waals surface area contributed by atoms with Crippen LogP contribution in [0.2, 0.25) is 0 Å². The molecule has 3 heteroatoms. The highest BCUT2D eigenvalue weighted by Gasteiger charge is 2.43. The lowest BCUT2D eigenvalue weighted by molar-refractivity contribution is -0.132. The first kappa shape index (κ1) is 12.4. The molecule has 2 saturated heterocycles. The zero-order chi connectivity index (χ0) is 13.6. The van der Waals surface area contributed by atoms with Gasteiger partial charge in [0.2, 0.25) is 5.91 Å². The monoisotopic (exact) mass is 270 g/mol. The van der Waals surface area contributed by atoms with Gasteiger partial charge in [0.15, 0.2) is 0 Å². The van der Waals surface area contributed by atoms with Crippen LogP contribution in [0.4, 0.5) is 0 Å². The molecule has 2 heterocycles. The maximum atomic E-state index is 12.7. The molecule has 1 aliphatic carbocycles. The highest BCUT2D eigenvalue weighted by Crippen LogP contribution is 2.42. The minimum atomic E-state index is 0.142. The molecule has 1 atom stereocenters. The molecule has 1 spiro atoms. The summed E-state index contributed by atoms with van der Waals surface area (Å²) in [5, 5.41) is 3.43. The highest BCUT2D eigenvalue weighted by molar-refractivity contribution is 5.87. The Morgan fingerprint density at radius 1 is 1.20 bits per heavy atom. The van der Waals surface area contributed by atoms with Crippen LogP contribution in [-0.4, -0.2) is 37.0 Å². The van der Waals surface area contributed by atoms with Crippen molar-refractivity contribution < 1.29 is 4.79 Å². The molecule has 4 rings (SSSR count). The van der Waals surface area contributed by atoms with Gasteiger partial charge in [0.1, 0.15) is 0 Å². The van der Waals surface area contributed by atoms with Gasteiger partial charge in [-0.3, -0.25) is 4.79 Å². The average molecular weight is 270 g/mol. The van der Waals surface area contributed by atoms with Gasteiger partial charge in [-0.1, -0.05) is 24.3 Å². The zero-order valence-corrected chi connectivity index (χ0v) is 11.9. The normalized spacial score (nSPS) is 27.2. The van der Waals surface area contributed by atoms with Crippen molar-refractivity contribution in [3.05, 3.63) is 35.4 Å². The lowest BCUT2D eigenvalue weighted by Gasteiger charge is -2.36. The van der Waals surface area contributed by atoms with Crippen molar-refractivity contribution >= 4 is 5.91 Å². The molecule has 3 aliphatic rings. The number of amides is 1. The summed E-state index contributed by atoms with van der Waals surface area (Å²) in [6.45, 7) is 4.20. The molecule has 0 aromatic heterocycles. The summed E-state index contributed by atoms with van der Waals surface area (Å²) in [5.74, 6) is 0.516. The number of fused-ring (bicyclic) bond motifs is 1. The van der Waals surface area contributed by atoms with E-state index < -0.39 is 0 Å². The van der Waals surface area contributed by atoms with Crippen molar-refractivity contribution in [1.29, 1.82) is 0 Å². The van der Waals surface area contributed by atoms with Gasteiger partial charge < -0.3 is 10.2 Å². The number of nitrogens with one attached hydrogen (secondary N) is 1. The number of hydrogen-bond acceptors (Lipinski definition) is 2. The Hall–Kier alpha value is -1.35. The first-order chi connectivity index (χ1) is 9.77. The van der Waals surface area contributed by atoms with E-state index in [1.165, 1.54) is 30.4 Å². The fourth-order valence-corrected chi connectivity index (χ4v) is 4.19. The fraction of sp³-hybridized carbons (Fsp3) is 0.588. The molecule has 1 aromatic rings. The standard InChI is InChI=1S/C17H22N2O/c20-16(15-11-13-3-1-2-4-14(13)15)19-10-7-17(12-19)5-8-18-9-6-17/h1-4,15,18H,5-12H2. The lowest BCUT2D eigenvalue weighted by Crippen LogP contribution is -2.42. The summed E-state index contributed by atoms with van der Waals surface area (Å²) in [6.07, 6.45) is 4.62. The topological polar surface area (TPSA) is 32.3 Å². The minimum Gasteiger partial charge on any atom is -0.342 e. The molecule has 2 fully saturated rings. The van der Waals surface area contributed by atoms with E-state index in [0.717, 1.165) is 32.6 Å². The molecule has 0 radical (unpaired) electrons. The molecule has 20 heavy (non-hydrogen) atoms. The van der Waals surface area contributed by atoms with E-state index in [1.807, 2.05) is 0 Å². The number of rotatable bonds is 1. The van der Waals surface area contributed by atoms with Crippen molar-refractivity contribution in [2.24, 2.45) is 5.41 Å². The number of carbonyl (C=O) groups is 1. The van der Waals surface area contributed by atoms with Gasteiger partial charge in [0, 0.05) is 13.1 Å². The van der Waals surface area contributed by atoms with E-state index in [-0.39, 0.29) is 5.92 Å². The van der Waals surface area contributed by atoms with Crippen molar-refractivity contribution in [2.45, 2.75) is 31.6 Å². The van der Waals surface area contributed by atoms with Crippen LogP contribution in [0, 0.1) is 5.41 Å². The van der Waals surface area contributed by atoms with Crippen molar-refractivity contribution in [3.8, 4) is 0 Å². The number of carbonyl (C=O) groups excluding carboxylic acids is 1. The molecular weight excluding hydrogens is 248 g/mol. The summed E-state index contributed by atoms with van der Waals surface area (Å²) in [4.78, 5) is 14.9. The van der Waals surface area contributed by atoms with Crippen LogP contribution in [0.15, 0.2) is 24.3 Å².